The van der Waals surface area contributed by atoms with E-state index in [4.69, 9.17) is 16.9 Å². The Kier molecular flexibility index (Phi) is 4.78. The Hall–Kier alpha value is -3.28. The minimum atomic E-state index is 0.260. The van der Waals surface area contributed by atoms with Gasteiger partial charge < -0.3 is 0 Å². The zero-order valence-electron chi connectivity index (χ0n) is 13.7. The van der Waals surface area contributed by atoms with Crippen LogP contribution in [0.3, 0.4) is 0 Å². The average Bonchev–Trinajstić information content (AvgIpc) is 3.13. The van der Waals surface area contributed by atoms with Gasteiger partial charge >= 0.3 is 0 Å². The molecule has 0 N–H and O–H groups in total. The van der Waals surface area contributed by atoms with Crippen LogP contribution in [-0.4, -0.2) is 29.9 Å². The molecule has 3 aromatic heterocycles. The Morgan fingerprint density at radius 3 is 2.33 bits per heavy atom. The summed E-state index contributed by atoms with van der Waals surface area (Å²) in [5.74, 6) is 0.670. The molecule has 7 nitrogen and oxygen atoms in total. The van der Waals surface area contributed by atoms with Gasteiger partial charge in [-0.3, -0.25) is 9.55 Å². The van der Waals surface area contributed by atoms with Crippen LogP contribution >= 0.6 is 23.4 Å². The lowest BCUT2D eigenvalue weighted by Crippen LogP contribution is -2.00. The molecule has 1 aromatic carbocycles. The number of nitriles is 1. The van der Waals surface area contributed by atoms with Crippen LogP contribution in [-0.2, 0) is 0 Å². The Balaban J connectivity index is 1.80. The van der Waals surface area contributed by atoms with E-state index in [0.717, 1.165) is 11.3 Å². The van der Waals surface area contributed by atoms with Crippen LogP contribution in [0.15, 0.2) is 71.1 Å². The summed E-state index contributed by atoms with van der Waals surface area (Å²) in [5, 5.41) is 27.3. The summed E-state index contributed by atoms with van der Waals surface area (Å²) in [4.78, 5) is 4.05. The van der Waals surface area contributed by atoms with Gasteiger partial charge in [0.05, 0.1) is 0 Å². The highest BCUT2D eigenvalue weighted by molar-refractivity contribution is 7.99. The highest BCUT2D eigenvalue weighted by Gasteiger charge is 2.17. The average molecular weight is 392 g/mol. The van der Waals surface area contributed by atoms with Crippen molar-refractivity contribution in [1.82, 2.24) is 29.9 Å². The monoisotopic (exact) mass is 391 g/mol. The van der Waals surface area contributed by atoms with Crippen molar-refractivity contribution in [3.63, 3.8) is 0 Å². The van der Waals surface area contributed by atoms with Crippen LogP contribution in [0.25, 0.3) is 17.1 Å². The first-order valence-electron chi connectivity index (χ1n) is 7.78. The number of hydrogen-bond acceptors (Lipinski definition) is 7. The zero-order valence-corrected chi connectivity index (χ0v) is 15.3. The Morgan fingerprint density at radius 1 is 0.889 bits per heavy atom. The van der Waals surface area contributed by atoms with Crippen molar-refractivity contribution in [1.29, 1.82) is 5.26 Å². The molecule has 0 atom stereocenters. The van der Waals surface area contributed by atoms with Gasteiger partial charge in [-0.25, -0.2) is 0 Å². The van der Waals surface area contributed by atoms with Crippen LogP contribution in [0, 0.1) is 11.3 Å². The first-order valence-corrected chi connectivity index (χ1v) is 8.97. The smallest absolute Gasteiger partial charge is 0.202 e. The van der Waals surface area contributed by atoms with Crippen molar-refractivity contribution in [3.8, 4) is 23.1 Å². The molecule has 4 aromatic rings. The summed E-state index contributed by atoms with van der Waals surface area (Å²) in [7, 11) is 0. The highest BCUT2D eigenvalue weighted by atomic mass is 35.5. The lowest BCUT2D eigenvalue weighted by molar-refractivity contribution is 0.868. The van der Waals surface area contributed by atoms with Gasteiger partial charge in [0.25, 0.3) is 0 Å². The third kappa shape index (κ3) is 3.65. The molecule has 0 bridgehead atoms. The van der Waals surface area contributed by atoms with Crippen molar-refractivity contribution >= 4 is 23.4 Å². The first-order chi connectivity index (χ1) is 13.2. The largest absolute Gasteiger partial charge is 0.270 e. The maximum Gasteiger partial charge on any atom is 0.202 e. The minimum absolute atomic E-state index is 0.260. The quantitative estimate of drug-likeness (QED) is 0.522. The van der Waals surface area contributed by atoms with E-state index in [1.807, 2.05) is 47.0 Å². The van der Waals surface area contributed by atoms with Crippen LogP contribution in [0.5, 0.6) is 0 Å². The molecule has 0 fully saturated rings. The summed E-state index contributed by atoms with van der Waals surface area (Å²) < 4.78 is 1.91. The third-order valence-corrected chi connectivity index (χ3v) is 4.73. The number of hydrogen-bond donors (Lipinski definition) is 0. The van der Waals surface area contributed by atoms with E-state index in [1.165, 1.54) is 11.8 Å². The molecule has 3 heterocycles. The number of rotatable bonds is 4. The Labute approximate surface area is 163 Å². The lowest BCUT2D eigenvalue weighted by Gasteiger charge is -2.10. The van der Waals surface area contributed by atoms with Crippen LogP contribution in [0.1, 0.15) is 5.69 Å². The third-order valence-electron chi connectivity index (χ3n) is 3.61. The molecule has 9 heteroatoms. The number of aromatic nitrogens is 6. The molecule has 0 radical (unpaired) electrons. The number of pyridine rings is 1. The van der Waals surface area contributed by atoms with E-state index in [-0.39, 0.29) is 5.69 Å². The standard InChI is InChI=1S/C18H10ClN7S/c19-13-1-4-15(5-2-13)26-17(12-7-9-21-10-8-12)24-25-18(26)27-16-6-3-14(11-20)22-23-16/h1-10H. The second-order valence-electron chi connectivity index (χ2n) is 5.32. The molecule has 0 aliphatic carbocycles. The second-order valence-corrected chi connectivity index (χ2v) is 6.75. The minimum Gasteiger partial charge on any atom is -0.270 e. The number of halogens is 1. The molecular formula is C18H10ClN7S. The summed E-state index contributed by atoms with van der Waals surface area (Å²) >= 11 is 7.34. The van der Waals surface area contributed by atoms with Gasteiger partial charge in [0, 0.05) is 28.7 Å². The van der Waals surface area contributed by atoms with Gasteiger partial charge in [-0.15, -0.1) is 20.4 Å². The van der Waals surface area contributed by atoms with Gasteiger partial charge in [0.1, 0.15) is 11.1 Å². The van der Waals surface area contributed by atoms with Crippen molar-refractivity contribution < 1.29 is 0 Å². The molecular weight excluding hydrogens is 382 g/mol. The summed E-state index contributed by atoms with van der Waals surface area (Å²) in [6.45, 7) is 0. The predicted molar refractivity (Wildman–Crippen MR) is 100 cm³/mol. The van der Waals surface area contributed by atoms with E-state index in [9.17, 15) is 0 Å². The summed E-state index contributed by atoms with van der Waals surface area (Å²) in [6, 6.07) is 16.4. The molecule has 4 rings (SSSR count). The van der Waals surface area contributed by atoms with Crippen LogP contribution in [0.4, 0.5) is 0 Å². The number of nitrogens with zero attached hydrogens (tertiary/aromatic N) is 7. The molecule has 0 aliphatic heterocycles. The number of benzene rings is 1. The van der Waals surface area contributed by atoms with Crippen LogP contribution < -0.4 is 0 Å². The van der Waals surface area contributed by atoms with E-state index < -0.39 is 0 Å². The van der Waals surface area contributed by atoms with Gasteiger partial charge in [-0.2, -0.15) is 5.26 Å². The van der Waals surface area contributed by atoms with Crippen molar-refractivity contribution in [2.75, 3.05) is 0 Å². The van der Waals surface area contributed by atoms with E-state index in [2.05, 4.69) is 25.4 Å². The van der Waals surface area contributed by atoms with E-state index in [0.29, 0.717) is 21.0 Å². The molecule has 27 heavy (non-hydrogen) atoms. The molecule has 0 saturated heterocycles. The fourth-order valence-electron chi connectivity index (χ4n) is 2.37. The maximum atomic E-state index is 8.86. The molecule has 0 saturated carbocycles. The fraction of sp³-hybridized carbons (Fsp3) is 0. The Bertz CT molecular complexity index is 1100. The molecule has 0 unspecified atom stereocenters. The first kappa shape index (κ1) is 17.1. The van der Waals surface area contributed by atoms with Crippen LogP contribution in [0.2, 0.25) is 5.02 Å². The molecule has 0 amide bonds. The van der Waals surface area contributed by atoms with Crippen molar-refractivity contribution in [2.24, 2.45) is 0 Å². The van der Waals surface area contributed by atoms with Gasteiger partial charge in [-0.05, 0) is 60.3 Å². The molecule has 0 aliphatic rings. The van der Waals surface area contributed by atoms with Gasteiger partial charge in [0.15, 0.2) is 11.5 Å². The molecule has 0 spiro atoms. The lowest BCUT2D eigenvalue weighted by atomic mass is 10.2. The van der Waals surface area contributed by atoms with Crippen molar-refractivity contribution in [2.45, 2.75) is 10.2 Å². The normalized spacial score (nSPS) is 10.5. The Morgan fingerprint density at radius 2 is 1.67 bits per heavy atom. The zero-order chi connectivity index (χ0) is 18.6. The van der Waals surface area contributed by atoms with Gasteiger partial charge in [-0.1, -0.05) is 11.6 Å². The van der Waals surface area contributed by atoms with E-state index >= 15 is 0 Å². The second kappa shape index (κ2) is 7.53. The topological polar surface area (TPSA) is 93.2 Å². The van der Waals surface area contributed by atoms with Gasteiger partial charge in [0.2, 0.25) is 5.16 Å². The fourth-order valence-corrected chi connectivity index (χ4v) is 3.27. The summed E-state index contributed by atoms with van der Waals surface area (Å²) in [5.41, 5.74) is 2.00. The highest BCUT2D eigenvalue weighted by Crippen LogP contribution is 2.31. The SMILES string of the molecule is N#Cc1ccc(Sc2nnc(-c3ccncc3)n2-c2ccc(Cl)cc2)nn1. The maximum absolute atomic E-state index is 8.86. The van der Waals surface area contributed by atoms with Crippen molar-refractivity contribution in [3.05, 3.63) is 71.6 Å². The predicted octanol–water partition coefficient (Wildman–Crippen LogP) is 3.80. The van der Waals surface area contributed by atoms with E-state index in [1.54, 1.807) is 24.5 Å². The molecule has 130 valence electrons. The summed E-state index contributed by atoms with van der Waals surface area (Å²) in [6.07, 6.45) is 3.41.